The minimum Gasteiger partial charge on any atom is -0.364 e. The van der Waals surface area contributed by atoms with Crippen LogP contribution >= 0.6 is 0 Å². The topological polar surface area (TPSA) is 57.2 Å². The normalized spacial score (nSPS) is 15.6. The van der Waals surface area contributed by atoms with Gasteiger partial charge in [0.05, 0.1) is 11.2 Å². The molecule has 0 spiro atoms. The Bertz CT molecular complexity index is 1060. The van der Waals surface area contributed by atoms with Gasteiger partial charge in [0, 0.05) is 42.2 Å². The maximum atomic E-state index is 14.0. The highest BCUT2D eigenvalue weighted by molar-refractivity contribution is 5.94. The van der Waals surface area contributed by atoms with Gasteiger partial charge < -0.3 is 15.1 Å². The summed E-state index contributed by atoms with van der Waals surface area (Å²) in [6.07, 6.45) is 1.80. The lowest BCUT2D eigenvalue weighted by molar-refractivity contribution is 0.132. The van der Waals surface area contributed by atoms with Gasteiger partial charge >= 0.3 is 0 Å². The van der Waals surface area contributed by atoms with Crippen molar-refractivity contribution in [2.75, 3.05) is 37.4 Å². The maximum absolute atomic E-state index is 14.0. The molecule has 3 aromatic rings. The van der Waals surface area contributed by atoms with Crippen LogP contribution in [0.3, 0.4) is 0 Å². The molecule has 6 nitrogen and oxygen atoms in total. The maximum Gasteiger partial charge on any atom is 0.163 e. The monoisotopic (exact) mass is 398 g/mol. The van der Waals surface area contributed by atoms with Crippen LogP contribution in [0.1, 0.15) is 18.2 Å². The predicted octanol–water partition coefficient (Wildman–Crippen LogP) is 3.36. The number of hydrogen-bond donors (Lipinski definition) is 1. The third-order valence-corrected chi connectivity index (χ3v) is 5.78. The Kier molecular flexibility index (Phi) is 4.82. The van der Waals surface area contributed by atoms with Crippen molar-refractivity contribution in [1.29, 1.82) is 0 Å². The second kappa shape index (κ2) is 7.18. The highest BCUT2D eigenvalue weighted by atomic mass is 19.2. The lowest BCUT2D eigenvalue weighted by atomic mass is 9.91. The van der Waals surface area contributed by atoms with E-state index >= 15 is 0 Å². The van der Waals surface area contributed by atoms with E-state index in [1.807, 2.05) is 13.0 Å². The van der Waals surface area contributed by atoms with Gasteiger partial charge in [-0.3, -0.25) is 0 Å². The number of aryl methyl sites for hydroxylation is 1. The Balaban J connectivity index is 1.62. The van der Waals surface area contributed by atoms with Crippen molar-refractivity contribution < 1.29 is 8.78 Å². The van der Waals surface area contributed by atoms with Gasteiger partial charge in [-0.1, -0.05) is 12.1 Å². The van der Waals surface area contributed by atoms with E-state index in [-0.39, 0.29) is 17.6 Å². The standard InChI is InChI=1S/C21H24F2N6/c1-13-16-10-24-18(29-11-21(2,12-29)28(3)4)8-15(16)20(27-26-13)25-9-14-6-5-7-17(22)19(14)23/h5-8,10H,9,11-12H2,1-4H3,(H,25,27). The molecule has 0 radical (unpaired) electrons. The van der Waals surface area contributed by atoms with Crippen molar-refractivity contribution in [3.8, 4) is 0 Å². The summed E-state index contributed by atoms with van der Waals surface area (Å²) in [4.78, 5) is 9.04. The number of rotatable bonds is 5. The zero-order valence-corrected chi connectivity index (χ0v) is 17.0. The fourth-order valence-corrected chi connectivity index (χ4v) is 3.55. The van der Waals surface area contributed by atoms with Crippen molar-refractivity contribution >= 4 is 22.4 Å². The van der Waals surface area contributed by atoms with Gasteiger partial charge in [-0.2, -0.15) is 5.10 Å². The molecular formula is C21H24F2N6. The molecule has 1 aliphatic rings. The van der Waals surface area contributed by atoms with Crippen LogP contribution in [0.2, 0.25) is 0 Å². The van der Waals surface area contributed by atoms with Crippen LogP contribution in [0.5, 0.6) is 0 Å². The van der Waals surface area contributed by atoms with Gasteiger partial charge in [-0.05, 0) is 40.1 Å². The smallest absolute Gasteiger partial charge is 0.163 e. The van der Waals surface area contributed by atoms with Crippen LogP contribution in [0.4, 0.5) is 20.4 Å². The summed E-state index contributed by atoms with van der Waals surface area (Å²) in [6.45, 7) is 5.97. The van der Waals surface area contributed by atoms with Crippen molar-refractivity contribution in [1.82, 2.24) is 20.1 Å². The second-order valence-corrected chi connectivity index (χ2v) is 8.04. The average Bonchev–Trinajstić information content (AvgIpc) is 2.67. The van der Waals surface area contributed by atoms with Gasteiger partial charge in [-0.25, -0.2) is 13.8 Å². The highest BCUT2D eigenvalue weighted by Gasteiger charge is 2.41. The quantitative estimate of drug-likeness (QED) is 0.711. The molecule has 0 amide bonds. The number of anilines is 2. The summed E-state index contributed by atoms with van der Waals surface area (Å²) in [7, 11) is 4.16. The number of nitrogens with zero attached hydrogens (tertiary/aromatic N) is 5. The molecule has 0 bridgehead atoms. The molecule has 4 rings (SSSR count). The molecule has 0 unspecified atom stereocenters. The van der Waals surface area contributed by atoms with Crippen molar-refractivity contribution in [3.63, 3.8) is 0 Å². The van der Waals surface area contributed by atoms with Gasteiger partial charge in [0.1, 0.15) is 5.82 Å². The van der Waals surface area contributed by atoms with E-state index in [0.717, 1.165) is 41.4 Å². The lowest BCUT2D eigenvalue weighted by Crippen LogP contribution is -2.67. The fourth-order valence-electron chi connectivity index (χ4n) is 3.55. The zero-order valence-electron chi connectivity index (χ0n) is 17.0. The first kappa shape index (κ1) is 19.4. The van der Waals surface area contributed by atoms with Gasteiger partial charge in [0.25, 0.3) is 0 Å². The van der Waals surface area contributed by atoms with E-state index in [1.165, 1.54) is 6.07 Å². The molecule has 1 fully saturated rings. The van der Waals surface area contributed by atoms with E-state index < -0.39 is 11.6 Å². The molecule has 0 atom stereocenters. The Labute approximate surface area is 168 Å². The van der Waals surface area contributed by atoms with Crippen molar-refractivity contribution in [2.24, 2.45) is 0 Å². The molecule has 8 heteroatoms. The number of fused-ring (bicyclic) bond motifs is 1. The van der Waals surface area contributed by atoms with Gasteiger partial charge in [0.15, 0.2) is 17.5 Å². The molecule has 1 N–H and O–H groups in total. The Hall–Kier alpha value is -2.87. The van der Waals surface area contributed by atoms with Crippen LogP contribution in [0, 0.1) is 18.6 Å². The SMILES string of the molecule is Cc1nnc(NCc2cccc(F)c2F)c2cc(N3CC(C)(N(C)C)C3)ncc12. The first-order chi connectivity index (χ1) is 13.8. The number of aromatic nitrogens is 3. The lowest BCUT2D eigenvalue weighted by Gasteiger charge is -2.52. The van der Waals surface area contributed by atoms with E-state index in [1.54, 1.807) is 12.3 Å². The minimum absolute atomic E-state index is 0.108. The van der Waals surface area contributed by atoms with E-state index in [2.05, 4.69) is 51.3 Å². The van der Waals surface area contributed by atoms with E-state index in [0.29, 0.717) is 5.82 Å². The minimum atomic E-state index is -0.864. The van der Waals surface area contributed by atoms with Crippen LogP contribution in [0.25, 0.3) is 10.8 Å². The summed E-state index contributed by atoms with van der Waals surface area (Å²) >= 11 is 0. The Morgan fingerprint density at radius 2 is 1.93 bits per heavy atom. The number of likely N-dealkylation sites (N-methyl/N-ethyl adjacent to an activating group) is 1. The molecule has 2 aromatic heterocycles. The van der Waals surface area contributed by atoms with Crippen LogP contribution in [0.15, 0.2) is 30.5 Å². The van der Waals surface area contributed by atoms with Crippen LogP contribution in [-0.4, -0.2) is 52.8 Å². The van der Waals surface area contributed by atoms with Crippen LogP contribution in [-0.2, 0) is 6.54 Å². The van der Waals surface area contributed by atoms with Crippen LogP contribution < -0.4 is 10.2 Å². The van der Waals surface area contributed by atoms with Crippen molar-refractivity contribution in [3.05, 3.63) is 53.4 Å². The summed E-state index contributed by atoms with van der Waals surface area (Å²) in [5.74, 6) is -0.328. The molecule has 152 valence electrons. The third-order valence-electron chi connectivity index (χ3n) is 5.78. The number of nitrogens with one attached hydrogen (secondary N) is 1. The molecule has 0 aliphatic carbocycles. The predicted molar refractivity (Wildman–Crippen MR) is 110 cm³/mol. The Morgan fingerprint density at radius 3 is 2.66 bits per heavy atom. The number of pyridine rings is 1. The summed E-state index contributed by atoms with van der Waals surface area (Å²) < 4.78 is 27.4. The molecule has 3 heterocycles. The number of halogens is 2. The van der Waals surface area contributed by atoms with Gasteiger partial charge in [0.2, 0.25) is 0 Å². The summed E-state index contributed by atoms with van der Waals surface area (Å²) in [5, 5.41) is 13.3. The Morgan fingerprint density at radius 1 is 1.17 bits per heavy atom. The molecule has 1 saturated heterocycles. The first-order valence-electron chi connectivity index (χ1n) is 9.51. The molecule has 1 aromatic carbocycles. The molecular weight excluding hydrogens is 374 g/mol. The molecule has 1 aliphatic heterocycles. The second-order valence-electron chi connectivity index (χ2n) is 8.04. The summed E-state index contributed by atoms with van der Waals surface area (Å²) in [5.41, 5.74) is 1.13. The average molecular weight is 398 g/mol. The van der Waals surface area contributed by atoms with Gasteiger partial charge in [-0.15, -0.1) is 5.10 Å². The van der Waals surface area contributed by atoms with E-state index in [9.17, 15) is 8.78 Å². The first-order valence-corrected chi connectivity index (χ1v) is 9.51. The number of benzene rings is 1. The number of hydrogen-bond acceptors (Lipinski definition) is 6. The molecule has 0 saturated carbocycles. The summed E-state index contributed by atoms with van der Waals surface area (Å²) in [6, 6.07) is 6.12. The molecule has 29 heavy (non-hydrogen) atoms. The van der Waals surface area contributed by atoms with E-state index in [4.69, 9.17) is 0 Å². The third kappa shape index (κ3) is 3.48. The zero-order chi connectivity index (χ0) is 20.8. The largest absolute Gasteiger partial charge is 0.364 e. The highest BCUT2D eigenvalue weighted by Crippen LogP contribution is 2.32. The van der Waals surface area contributed by atoms with Crippen molar-refractivity contribution in [2.45, 2.75) is 25.9 Å². The fraction of sp³-hybridized carbons (Fsp3) is 0.381.